The minimum absolute atomic E-state index is 0.0425. The SMILES string of the molecule is Cc1ccccc1N(C(=O)C1CCCN(Cc2ccccc2)C1)c1nc2ccccc2s1. The van der Waals surface area contributed by atoms with Gasteiger partial charge in [-0.05, 0) is 55.6 Å². The second-order valence-corrected chi connectivity index (χ2v) is 9.49. The van der Waals surface area contributed by atoms with Gasteiger partial charge in [-0.15, -0.1) is 0 Å². The highest BCUT2D eigenvalue weighted by Gasteiger charge is 2.33. The van der Waals surface area contributed by atoms with Gasteiger partial charge in [0.05, 0.1) is 21.8 Å². The second kappa shape index (κ2) is 9.23. The van der Waals surface area contributed by atoms with Crippen molar-refractivity contribution in [3.63, 3.8) is 0 Å². The molecule has 1 amide bonds. The van der Waals surface area contributed by atoms with Crippen molar-refractivity contribution in [1.82, 2.24) is 9.88 Å². The van der Waals surface area contributed by atoms with E-state index in [-0.39, 0.29) is 11.8 Å². The Labute approximate surface area is 193 Å². The molecule has 4 aromatic rings. The predicted octanol–water partition coefficient (Wildman–Crippen LogP) is 6.18. The molecule has 5 rings (SSSR count). The van der Waals surface area contributed by atoms with Crippen LogP contribution in [-0.4, -0.2) is 28.9 Å². The zero-order valence-electron chi connectivity index (χ0n) is 18.3. The minimum atomic E-state index is -0.0425. The zero-order valence-corrected chi connectivity index (χ0v) is 19.1. The number of amides is 1. The number of carbonyl (C=O) groups excluding carboxylic acids is 1. The lowest BCUT2D eigenvalue weighted by molar-refractivity contribution is -0.123. The molecule has 1 aromatic heterocycles. The second-order valence-electron chi connectivity index (χ2n) is 8.48. The van der Waals surface area contributed by atoms with Gasteiger partial charge in [0.1, 0.15) is 0 Å². The molecule has 4 nitrogen and oxygen atoms in total. The van der Waals surface area contributed by atoms with Crippen LogP contribution < -0.4 is 4.90 Å². The number of anilines is 2. The van der Waals surface area contributed by atoms with E-state index in [4.69, 9.17) is 4.98 Å². The molecule has 1 fully saturated rings. The van der Waals surface area contributed by atoms with E-state index in [0.29, 0.717) is 0 Å². The third kappa shape index (κ3) is 4.31. The Morgan fingerprint density at radius 2 is 1.78 bits per heavy atom. The van der Waals surface area contributed by atoms with Crippen LogP contribution in [0.1, 0.15) is 24.0 Å². The number of fused-ring (bicyclic) bond motifs is 1. The van der Waals surface area contributed by atoms with E-state index < -0.39 is 0 Å². The fourth-order valence-corrected chi connectivity index (χ4v) is 5.50. The summed E-state index contributed by atoms with van der Waals surface area (Å²) in [6.07, 6.45) is 1.95. The molecule has 1 unspecified atom stereocenters. The number of rotatable bonds is 5. The Morgan fingerprint density at radius 3 is 2.59 bits per heavy atom. The molecule has 3 aromatic carbocycles. The van der Waals surface area contributed by atoms with Crippen molar-refractivity contribution in [3.8, 4) is 0 Å². The zero-order chi connectivity index (χ0) is 21.9. The summed E-state index contributed by atoms with van der Waals surface area (Å²) in [5.41, 5.74) is 4.24. The fourth-order valence-electron chi connectivity index (χ4n) is 4.51. The van der Waals surface area contributed by atoms with Gasteiger partial charge >= 0.3 is 0 Å². The van der Waals surface area contributed by atoms with E-state index in [1.54, 1.807) is 11.3 Å². The maximum Gasteiger partial charge on any atom is 0.237 e. The van der Waals surface area contributed by atoms with Crippen molar-refractivity contribution >= 4 is 38.3 Å². The fraction of sp³-hybridized carbons (Fsp3) is 0.259. The standard InChI is InChI=1S/C27H27N3OS/c1-20-10-5-7-15-24(20)30(27-28-23-14-6-8-16-25(23)32-27)26(31)22-13-9-17-29(19-22)18-21-11-3-2-4-12-21/h2-8,10-12,14-16,22H,9,13,17-19H2,1H3. The first-order chi connectivity index (χ1) is 15.7. The maximum atomic E-state index is 14.0. The number of hydrogen-bond acceptors (Lipinski definition) is 4. The van der Waals surface area contributed by atoms with Crippen molar-refractivity contribution in [2.24, 2.45) is 5.92 Å². The lowest BCUT2D eigenvalue weighted by atomic mass is 9.95. The van der Waals surface area contributed by atoms with Crippen LogP contribution in [0.25, 0.3) is 10.2 Å². The molecular weight excluding hydrogens is 414 g/mol. The van der Waals surface area contributed by atoms with Crippen LogP contribution in [0.2, 0.25) is 0 Å². The van der Waals surface area contributed by atoms with Gasteiger partial charge < -0.3 is 0 Å². The molecule has 1 atom stereocenters. The summed E-state index contributed by atoms with van der Waals surface area (Å²) in [4.78, 5) is 23.1. The first kappa shape index (κ1) is 20.9. The topological polar surface area (TPSA) is 36.4 Å². The van der Waals surface area contributed by atoms with Crippen LogP contribution >= 0.6 is 11.3 Å². The van der Waals surface area contributed by atoms with Crippen LogP contribution in [0.15, 0.2) is 78.9 Å². The molecule has 0 radical (unpaired) electrons. The van der Waals surface area contributed by atoms with Gasteiger partial charge in [-0.2, -0.15) is 0 Å². The molecule has 32 heavy (non-hydrogen) atoms. The van der Waals surface area contributed by atoms with E-state index in [1.807, 2.05) is 47.4 Å². The van der Waals surface area contributed by atoms with Crippen LogP contribution in [0.5, 0.6) is 0 Å². The Bertz CT molecular complexity index is 1190. The quantitative estimate of drug-likeness (QED) is 0.371. The predicted molar refractivity (Wildman–Crippen MR) is 132 cm³/mol. The van der Waals surface area contributed by atoms with Crippen LogP contribution in [0.4, 0.5) is 10.8 Å². The summed E-state index contributed by atoms with van der Waals surface area (Å²) < 4.78 is 1.10. The number of benzene rings is 3. The van der Waals surface area contributed by atoms with Gasteiger partial charge in [-0.1, -0.05) is 72.0 Å². The number of nitrogens with zero attached hydrogens (tertiary/aromatic N) is 3. The van der Waals surface area contributed by atoms with E-state index in [1.165, 1.54) is 5.56 Å². The highest BCUT2D eigenvalue weighted by Crippen LogP contribution is 2.37. The van der Waals surface area contributed by atoms with Gasteiger partial charge in [-0.25, -0.2) is 4.98 Å². The molecule has 1 saturated heterocycles. The number of aryl methyl sites for hydroxylation is 1. The highest BCUT2D eigenvalue weighted by atomic mass is 32.1. The van der Waals surface area contributed by atoms with Gasteiger partial charge in [0, 0.05) is 13.1 Å². The van der Waals surface area contributed by atoms with Gasteiger partial charge in [0.2, 0.25) is 5.91 Å². The Morgan fingerprint density at radius 1 is 1.03 bits per heavy atom. The van der Waals surface area contributed by atoms with E-state index >= 15 is 0 Å². The van der Waals surface area contributed by atoms with E-state index in [9.17, 15) is 4.79 Å². The molecule has 1 aliphatic heterocycles. The molecule has 5 heteroatoms. The summed E-state index contributed by atoms with van der Waals surface area (Å²) >= 11 is 1.59. The molecule has 0 aliphatic carbocycles. The lowest BCUT2D eigenvalue weighted by Gasteiger charge is -2.34. The number of hydrogen-bond donors (Lipinski definition) is 0. The summed E-state index contributed by atoms with van der Waals surface area (Å²) in [6.45, 7) is 4.76. The number of para-hydroxylation sites is 2. The number of likely N-dealkylation sites (tertiary alicyclic amines) is 1. The third-order valence-electron chi connectivity index (χ3n) is 6.15. The summed E-state index contributed by atoms with van der Waals surface area (Å²) in [5.74, 6) is 0.107. The monoisotopic (exact) mass is 441 g/mol. The first-order valence-electron chi connectivity index (χ1n) is 11.2. The number of carbonyl (C=O) groups is 1. The van der Waals surface area contributed by atoms with Crippen molar-refractivity contribution in [2.75, 3.05) is 18.0 Å². The van der Waals surface area contributed by atoms with E-state index in [2.05, 4.69) is 48.2 Å². The van der Waals surface area contributed by atoms with Gasteiger partial charge in [0.25, 0.3) is 0 Å². The first-order valence-corrected chi connectivity index (χ1v) is 12.0. The lowest BCUT2D eigenvalue weighted by Crippen LogP contribution is -2.43. The summed E-state index contributed by atoms with van der Waals surface area (Å²) in [5, 5.41) is 0.755. The molecular formula is C27H27N3OS. The molecule has 2 heterocycles. The maximum absolute atomic E-state index is 14.0. The van der Waals surface area contributed by atoms with Crippen molar-refractivity contribution < 1.29 is 4.79 Å². The van der Waals surface area contributed by atoms with Gasteiger partial charge in [0.15, 0.2) is 5.13 Å². The third-order valence-corrected chi connectivity index (χ3v) is 7.18. The molecule has 162 valence electrons. The number of thiazole rings is 1. The average Bonchev–Trinajstić information content (AvgIpc) is 3.25. The molecule has 0 spiro atoms. The summed E-state index contributed by atoms with van der Waals surface area (Å²) in [6, 6.07) is 26.7. The van der Waals surface area contributed by atoms with Crippen molar-refractivity contribution in [1.29, 1.82) is 0 Å². The van der Waals surface area contributed by atoms with Crippen LogP contribution in [0.3, 0.4) is 0 Å². The smallest absolute Gasteiger partial charge is 0.237 e. The minimum Gasteiger partial charge on any atom is -0.298 e. The van der Waals surface area contributed by atoms with Gasteiger partial charge in [-0.3, -0.25) is 14.6 Å². The molecule has 1 aliphatic rings. The highest BCUT2D eigenvalue weighted by molar-refractivity contribution is 7.22. The Balaban J connectivity index is 1.45. The number of piperidine rings is 1. The average molecular weight is 442 g/mol. The Kier molecular flexibility index (Phi) is 6.02. The Hall–Kier alpha value is -3.02. The van der Waals surface area contributed by atoms with Crippen molar-refractivity contribution in [3.05, 3.63) is 90.0 Å². The van der Waals surface area contributed by atoms with Crippen molar-refractivity contribution in [2.45, 2.75) is 26.3 Å². The molecule has 0 N–H and O–H groups in total. The van der Waals surface area contributed by atoms with Crippen LogP contribution in [-0.2, 0) is 11.3 Å². The number of aromatic nitrogens is 1. The summed E-state index contributed by atoms with van der Waals surface area (Å²) in [7, 11) is 0. The largest absolute Gasteiger partial charge is 0.298 e. The molecule has 0 bridgehead atoms. The molecule has 0 saturated carbocycles. The van der Waals surface area contributed by atoms with E-state index in [0.717, 1.165) is 59.1 Å². The van der Waals surface area contributed by atoms with Crippen LogP contribution in [0, 0.1) is 12.8 Å². The normalized spacial score (nSPS) is 16.8.